The molecule has 3 nitrogen and oxygen atoms in total. The number of nitro groups is 1. The van der Waals surface area contributed by atoms with Crippen LogP contribution in [0.1, 0.15) is 25.7 Å². The standard InChI is InChI=1S/C14H15NO2/c1-2-3-4-9-10-5-6-11(9)13-8-7-12(10)14(13)15(16)17/h2-4,9,14H,1,5-8H2/b4-3+/t9-,14-. The van der Waals surface area contributed by atoms with E-state index in [1.54, 1.807) is 6.08 Å². The lowest BCUT2D eigenvalue weighted by atomic mass is 9.85. The van der Waals surface area contributed by atoms with Gasteiger partial charge < -0.3 is 0 Å². The van der Waals surface area contributed by atoms with Crippen LogP contribution in [-0.2, 0) is 0 Å². The van der Waals surface area contributed by atoms with Crippen molar-refractivity contribution in [1.82, 2.24) is 0 Å². The zero-order valence-corrected chi connectivity index (χ0v) is 9.69. The van der Waals surface area contributed by atoms with Gasteiger partial charge in [0, 0.05) is 22.0 Å². The fourth-order valence-electron chi connectivity index (χ4n) is 3.61. The lowest BCUT2D eigenvalue weighted by molar-refractivity contribution is -0.501. The fourth-order valence-corrected chi connectivity index (χ4v) is 3.61. The summed E-state index contributed by atoms with van der Waals surface area (Å²) in [6.45, 7) is 3.69. The minimum atomic E-state index is -0.476. The first-order chi connectivity index (χ1) is 8.24. The number of nitrogens with zero attached hydrogens (tertiary/aromatic N) is 1. The van der Waals surface area contributed by atoms with Crippen LogP contribution in [0.3, 0.4) is 0 Å². The monoisotopic (exact) mass is 229 g/mol. The summed E-state index contributed by atoms with van der Waals surface area (Å²) < 4.78 is 0. The van der Waals surface area contributed by atoms with Gasteiger partial charge in [-0.2, -0.15) is 0 Å². The predicted molar refractivity (Wildman–Crippen MR) is 66.1 cm³/mol. The molecule has 0 aromatic heterocycles. The normalized spacial score (nSPS) is 30.6. The summed E-state index contributed by atoms with van der Waals surface area (Å²) in [5.74, 6) is 0.344. The Morgan fingerprint density at radius 3 is 2.12 bits per heavy atom. The molecule has 3 aliphatic rings. The zero-order chi connectivity index (χ0) is 12.0. The lowest BCUT2D eigenvalue weighted by Crippen LogP contribution is -2.25. The molecule has 3 aliphatic carbocycles. The largest absolute Gasteiger partial charge is 0.264 e. The third-order valence-corrected chi connectivity index (χ3v) is 4.21. The maximum Gasteiger partial charge on any atom is 0.255 e. The van der Waals surface area contributed by atoms with E-state index in [1.807, 2.05) is 6.08 Å². The maximum atomic E-state index is 11.2. The quantitative estimate of drug-likeness (QED) is 0.323. The molecular formula is C14H15NO2. The molecule has 0 unspecified atom stereocenters. The molecule has 3 rings (SSSR count). The van der Waals surface area contributed by atoms with Crippen LogP contribution in [-0.4, -0.2) is 11.0 Å². The SMILES string of the molecule is C=C/C=C/[C@H]1C2=C3CCC(=C1CC2)[C@H]3[N+](=O)[O-]. The highest BCUT2D eigenvalue weighted by Gasteiger charge is 2.47. The number of allylic oxidation sites excluding steroid dienone is 5. The summed E-state index contributed by atoms with van der Waals surface area (Å²) >= 11 is 0. The van der Waals surface area contributed by atoms with Crippen molar-refractivity contribution >= 4 is 0 Å². The molecule has 17 heavy (non-hydrogen) atoms. The molecule has 0 aromatic rings. The van der Waals surface area contributed by atoms with E-state index in [-0.39, 0.29) is 4.92 Å². The Morgan fingerprint density at radius 2 is 1.65 bits per heavy atom. The van der Waals surface area contributed by atoms with Crippen LogP contribution < -0.4 is 0 Å². The number of fused-ring (bicyclic) bond motifs is 4. The molecule has 2 fully saturated rings. The highest BCUT2D eigenvalue weighted by atomic mass is 16.6. The summed E-state index contributed by atoms with van der Waals surface area (Å²) in [7, 11) is 0. The average Bonchev–Trinajstić information content (AvgIpc) is 2.79. The van der Waals surface area contributed by atoms with Crippen LogP contribution in [0.5, 0.6) is 0 Å². The molecule has 88 valence electrons. The van der Waals surface area contributed by atoms with E-state index >= 15 is 0 Å². The van der Waals surface area contributed by atoms with Crippen molar-refractivity contribution in [3.8, 4) is 0 Å². The van der Waals surface area contributed by atoms with E-state index in [2.05, 4.69) is 12.7 Å². The van der Waals surface area contributed by atoms with Crippen LogP contribution in [0.4, 0.5) is 0 Å². The molecule has 0 aliphatic heterocycles. The van der Waals surface area contributed by atoms with Crippen molar-refractivity contribution in [2.45, 2.75) is 31.7 Å². The highest BCUT2D eigenvalue weighted by molar-refractivity contribution is 5.52. The Hall–Kier alpha value is -1.64. The summed E-state index contributed by atoms with van der Waals surface area (Å²) in [5, 5.41) is 11.2. The van der Waals surface area contributed by atoms with Crippen molar-refractivity contribution in [1.29, 1.82) is 0 Å². The molecule has 0 spiro atoms. The van der Waals surface area contributed by atoms with E-state index in [1.165, 1.54) is 11.1 Å². The molecule has 2 saturated carbocycles. The zero-order valence-electron chi connectivity index (χ0n) is 9.69. The lowest BCUT2D eigenvalue weighted by Gasteiger charge is -2.20. The highest BCUT2D eigenvalue weighted by Crippen LogP contribution is 2.53. The van der Waals surface area contributed by atoms with Crippen molar-refractivity contribution in [3.05, 3.63) is 57.2 Å². The third-order valence-electron chi connectivity index (χ3n) is 4.21. The molecule has 3 heteroatoms. The molecule has 0 aromatic carbocycles. The third kappa shape index (κ3) is 1.35. The van der Waals surface area contributed by atoms with Gasteiger partial charge in [-0.3, -0.25) is 10.1 Å². The Balaban J connectivity index is 2.10. The van der Waals surface area contributed by atoms with Crippen LogP contribution in [0, 0.1) is 16.0 Å². The second kappa shape index (κ2) is 3.69. The average molecular weight is 229 g/mol. The molecule has 0 amide bonds. The van der Waals surface area contributed by atoms with Crippen molar-refractivity contribution in [2.24, 2.45) is 5.92 Å². The van der Waals surface area contributed by atoms with Crippen LogP contribution in [0.15, 0.2) is 47.1 Å². The molecule has 0 atom stereocenters. The smallest absolute Gasteiger partial charge is 0.255 e. The number of rotatable bonds is 3. The van der Waals surface area contributed by atoms with Gasteiger partial charge in [-0.05, 0) is 25.7 Å². The van der Waals surface area contributed by atoms with Crippen molar-refractivity contribution in [3.63, 3.8) is 0 Å². The minimum absolute atomic E-state index is 0.101. The van der Waals surface area contributed by atoms with Gasteiger partial charge >= 0.3 is 0 Å². The Kier molecular flexibility index (Phi) is 2.28. The molecule has 0 N–H and O–H groups in total. The van der Waals surface area contributed by atoms with Crippen LogP contribution in [0.25, 0.3) is 0 Å². The molecular weight excluding hydrogens is 214 g/mol. The summed E-state index contributed by atoms with van der Waals surface area (Å²) in [6.07, 6.45) is 9.72. The summed E-state index contributed by atoms with van der Waals surface area (Å²) in [5.41, 5.74) is 4.84. The fraction of sp³-hybridized carbons (Fsp3) is 0.429. The van der Waals surface area contributed by atoms with E-state index < -0.39 is 6.04 Å². The van der Waals surface area contributed by atoms with E-state index in [0.717, 1.165) is 36.8 Å². The predicted octanol–water partition coefficient (Wildman–Crippen LogP) is 3.18. The first-order valence-electron chi connectivity index (χ1n) is 6.10. The Bertz CT molecular complexity index is 466. The van der Waals surface area contributed by atoms with Crippen molar-refractivity contribution in [2.75, 3.05) is 0 Å². The van der Waals surface area contributed by atoms with Gasteiger partial charge in [0.1, 0.15) is 0 Å². The van der Waals surface area contributed by atoms with Gasteiger partial charge in [0.2, 0.25) is 0 Å². The summed E-state index contributed by atoms with van der Waals surface area (Å²) in [6, 6.07) is -0.476. The van der Waals surface area contributed by atoms with E-state index in [0.29, 0.717) is 5.92 Å². The van der Waals surface area contributed by atoms with Gasteiger partial charge in [0.25, 0.3) is 6.04 Å². The van der Waals surface area contributed by atoms with Gasteiger partial charge in [0.15, 0.2) is 0 Å². The maximum absolute atomic E-state index is 11.2. The van der Waals surface area contributed by atoms with Gasteiger partial charge in [-0.25, -0.2) is 0 Å². The van der Waals surface area contributed by atoms with Gasteiger partial charge in [-0.15, -0.1) is 0 Å². The van der Waals surface area contributed by atoms with Crippen LogP contribution in [0.2, 0.25) is 0 Å². The van der Waals surface area contributed by atoms with E-state index in [4.69, 9.17) is 0 Å². The second-order valence-corrected chi connectivity index (χ2v) is 4.89. The number of hydrogen-bond donors (Lipinski definition) is 0. The van der Waals surface area contributed by atoms with E-state index in [9.17, 15) is 10.1 Å². The topological polar surface area (TPSA) is 43.1 Å². The van der Waals surface area contributed by atoms with Crippen molar-refractivity contribution < 1.29 is 4.92 Å². The molecule has 0 radical (unpaired) electrons. The Labute approximate surface area is 100 Å². The second-order valence-electron chi connectivity index (χ2n) is 4.89. The van der Waals surface area contributed by atoms with Gasteiger partial charge in [0.05, 0.1) is 0 Å². The number of hydrogen-bond acceptors (Lipinski definition) is 2. The first kappa shape index (κ1) is 10.5. The summed E-state index contributed by atoms with van der Waals surface area (Å²) in [4.78, 5) is 11.1. The molecule has 0 heterocycles. The minimum Gasteiger partial charge on any atom is -0.264 e. The van der Waals surface area contributed by atoms with Crippen LogP contribution >= 0.6 is 0 Å². The molecule has 0 saturated heterocycles. The van der Waals surface area contributed by atoms with Gasteiger partial charge in [-0.1, -0.05) is 36.0 Å². The molecule has 4 bridgehead atoms. The Morgan fingerprint density at radius 1 is 1.12 bits per heavy atom. The first-order valence-corrected chi connectivity index (χ1v) is 6.10.